The zero-order valence-corrected chi connectivity index (χ0v) is 27.2. The maximum atomic E-state index is 2.35. The molecule has 0 radical (unpaired) electrons. The van der Waals surface area contributed by atoms with Gasteiger partial charge in [-0.1, -0.05) is 173 Å². The summed E-state index contributed by atoms with van der Waals surface area (Å²) in [6, 6.07) is 57.2. The lowest BCUT2D eigenvalue weighted by Crippen LogP contribution is -1.93. The van der Waals surface area contributed by atoms with Crippen LogP contribution in [0.3, 0.4) is 0 Å². The summed E-state index contributed by atoms with van der Waals surface area (Å²) in [7, 11) is 0. The molecule has 0 aliphatic rings. The van der Waals surface area contributed by atoms with Gasteiger partial charge in [-0.3, -0.25) is 0 Å². The fourth-order valence-corrected chi connectivity index (χ4v) is 6.88. The number of rotatable bonds is 4. The first-order valence-electron chi connectivity index (χ1n) is 16.5. The first kappa shape index (κ1) is 29.5. The minimum absolute atomic E-state index is 0.511. The van der Waals surface area contributed by atoms with Crippen LogP contribution in [0.25, 0.3) is 65.3 Å². The van der Waals surface area contributed by atoms with Crippen LogP contribution in [-0.2, 0) is 0 Å². The summed E-state index contributed by atoms with van der Waals surface area (Å²) in [5.74, 6) is 1.05. The Bertz CT molecular complexity index is 2320. The molecule has 0 heteroatoms. The van der Waals surface area contributed by atoms with E-state index in [4.69, 9.17) is 0 Å². The molecule has 8 aromatic rings. The molecule has 0 amide bonds. The largest absolute Gasteiger partial charge is 0.0619 e. The Morgan fingerprint density at radius 1 is 0.326 bits per heavy atom. The zero-order valence-electron chi connectivity index (χ0n) is 27.2. The molecule has 0 aliphatic carbocycles. The third kappa shape index (κ3) is 5.57. The first-order valence-corrected chi connectivity index (χ1v) is 16.5. The topological polar surface area (TPSA) is 0 Å². The highest BCUT2D eigenvalue weighted by molar-refractivity contribution is 6.15. The van der Waals surface area contributed by atoms with Crippen LogP contribution in [0.4, 0.5) is 0 Å². The van der Waals surface area contributed by atoms with Crippen LogP contribution in [-0.4, -0.2) is 0 Å². The van der Waals surface area contributed by atoms with Crippen molar-refractivity contribution >= 4 is 43.1 Å². The normalized spacial score (nSPS) is 11.4. The Kier molecular flexibility index (Phi) is 8.12. The van der Waals surface area contributed by atoms with Gasteiger partial charge in [0.15, 0.2) is 0 Å². The van der Waals surface area contributed by atoms with Crippen LogP contribution in [0.5, 0.6) is 0 Å². The molecule has 0 fully saturated rings. The van der Waals surface area contributed by atoms with E-state index in [1.807, 2.05) is 0 Å². The molecule has 0 atom stereocenters. The van der Waals surface area contributed by atoms with Gasteiger partial charge in [0.2, 0.25) is 0 Å². The average Bonchev–Trinajstić information content (AvgIpc) is 3.11. The Labute approximate surface area is 273 Å². The highest BCUT2D eigenvalue weighted by atomic mass is 14.2. The van der Waals surface area contributed by atoms with Gasteiger partial charge in [-0.25, -0.2) is 0 Å². The molecule has 0 bridgehead atoms. The Hall–Kier alpha value is -5.20. The Balaban J connectivity index is 0.000000147. The first-order chi connectivity index (χ1) is 22.5. The van der Waals surface area contributed by atoms with Crippen molar-refractivity contribution in [1.82, 2.24) is 0 Å². The molecule has 224 valence electrons. The number of fused-ring (bicyclic) bond motifs is 6. The highest BCUT2D eigenvalue weighted by Crippen LogP contribution is 2.38. The number of hydrogen-bond donors (Lipinski definition) is 0. The molecule has 0 saturated carbocycles. The van der Waals surface area contributed by atoms with E-state index < -0.39 is 0 Å². The maximum absolute atomic E-state index is 2.35. The van der Waals surface area contributed by atoms with Crippen molar-refractivity contribution in [3.8, 4) is 22.3 Å². The molecule has 0 aromatic heterocycles. The van der Waals surface area contributed by atoms with E-state index in [9.17, 15) is 0 Å². The fraction of sp³-hybridized carbons (Fsp3) is 0.130. The predicted molar refractivity (Wildman–Crippen MR) is 202 cm³/mol. The summed E-state index contributed by atoms with van der Waals surface area (Å²) in [6.07, 6.45) is 0. The number of benzene rings is 8. The molecule has 0 nitrogen and oxygen atoms in total. The van der Waals surface area contributed by atoms with Crippen LogP contribution >= 0.6 is 0 Å². The van der Waals surface area contributed by atoms with Crippen LogP contribution in [0.1, 0.15) is 50.7 Å². The minimum Gasteiger partial charge on any atom is -0.0619 e. The third-order valence-corrected chi connectivity index (χ3v) is 9.27. The van der Waals surface area contributed by atoms with Gasteiger partial charge in [-0.2, -0.15) is 0 Å². The van der Waals surface area contributed by atoms with Gasteiger partial charge in [0.1, 0.15) is 0 Å². The second-order valence-electron chi connectivity index (χ2n) is 12.9. The highest BCUT2D eigenvalue weighted by Gasteiger charge is 2.13. The van der Waals surface area contributed by atoms with E-state index >= 15 is 0 Å². The molecule has 0 saturated heterocycles. The Morgan fingerprint density at radius 3 is 1.39 bits per heavy atom. The van der Waals surface area contributed by atoms with Gasteiger partial charge in [-0.15, -0.1) is 0 Å². The predicted octanol–water partition coefficient (Wildman–Crippen LogP) is 13.6. The zero-order chi connectivity index (χ0) is 31.6. The smallest absolute Gasteiger partial charge is 0.00961 e. The van der Waals surface area contributed by atoms with Crippen molar-refractivity contribution in [2.75, 3.05) is 0 Å². The lowest BCUT2D eigenvalue weighted by atomic mass is 9.88. The summed E-state index contributed by atoms with van der Waals surface area (Å²) in [6.45, 7) is 9.03. The second kappa shape index (κ2) is 12.7. The summed E-state index contributed by atoms with van der Waals surface area (Å²) in [5.41, 5.74) is 8.11. The van der Waals surface area contributed by atoms with Crippen LogP contribution in [0.15, 0.2) is 158 Å². The van der Waals surface area contributed by atoms with Crippen molar-refractivity contribution in [3.05, 3.63) is 169 Å². The SMILES string of the molecule is CC(C)c1cccc(-c2cc3ccccc3c3ccccc23)c1.CC(C)c1ccccc1-c1cc2ccccc2c2ccccc12. The van der Waals surface area contributed by atoms with E-state index in [1.165, 1.54) is 76.5 Å². The summed E-state index contributed by atoms with van der Waals surface area (Å²) < 4.78 is 0. The quantitative estimate of drug-likeness (QED) is 0.178. The van der Waals surface area contributed by atoms with Gasteiger partial charge < -0.3 is 0 Å². The molecule has 0 spiro atoms. The van der Waals surface area contributed by atoms with Crippen molar-refractivity contribution in [1.29, 1.82) is 0 Å². The standard InChI is InChI=1S/2C23H20/c1-16(2)18-10-5-6-12-20(18)23-15-17-9-3-4-11-19(17)21-13-7-8-14-22(21)23;1-16(2)17-9-7-10-18(14-17)23-15-19-8-3-4-11-20(19)21-12-5-6-13-22(21)23/h2*3-16H,1-2H3. The molecule has 0 unspecified atom stereocenters. The van der Waals surface area contributed by atoms with Crippen LogP contribution in [0, 0.1) is 0 Å². The summed E-state index contributed by atoms with van der Waals surface area (Å²) >= 11 is 0. The molecule has 8 aromatic carbocycles. The lowest BCUT2D eigenvalue weighted by molar-refractivity contribution is 0.867. The van der Waals surface area contributed by atoms with Crippen molar-refractivity contribution in [2.24, 2.45) is 0 Å². The van der Waals surface area contributed by atoms with Crippen LogP contribution < -0.4 is 0 Å². The van der Waals surface area contributed by atoms with E-state index in [-0.39, 0.29) is 0 Å². The molecule has 0 heterocycles. The fourth-order valence-electron chi connectivity index (χ4n) is 6.88. The number of hydrogen-bond acceptors (Lipinski definition) is 0. The maximum Gasteiger partial charge on any atom is -0.00961 e. The molecular formula is C46H40. The van der Waals surface area contributed by atoms with Gasteiger partial charge in [-0.05, 0) is 100 Å². The van der Waals surface area contributed by atoms with E-state index in [1.54, 1.807) is 0 Å². The Morgan fingerprint density at radius 2 is 0.804 bits per heavy atom. The average molecular weight is 593 g/mol. The summed E-state index contributed by atoms with van der Waals surface area (Å²) in [4.78, 5) is 0. The molecule has 46 heavy (non-hydrogen) atoms. The van der Waals surface area contributed by atoms with E-state index in [2.05, 4.69) is 185 Å². The van der Waals surface area contributed by atoms with Gasteiger partial charge in [0, 0.05) is 0 Å². The minimum atomic E-state index is 0.511. The third-order valence-electron chi connectivity index (χ3n) is 9.27. The van der Waals surface area contributed by atoms with Gasteiger partial charge >= 0.3 is 0 Å². The molecule has 0 aliphatic heterocycles. The van der Waals surface area contributed by atoms with Gasteiger partial charge in [0.25, 0.3) is 0 Å². The molecule has 8 rings (SSSR count). The second-order valence-corrected chi connectivity index (χ2v) is 12.9. The van der Waals surface area contributed by atoms with Gasteiger partial charge in [0.05, 0.1) is 0 Å². The monoisotopic (exact) mass is 592 g/mol. The lowest BCUT2D eigenvalue weighted by Gasteiger charge is -2.16. The van der Waals surface area contributed by atoms with Crippen molar-refractivity contribution < 1.29 is 0 Å². The molecule has 0 N–H and O–H groups in total. The molecular weight excluding hydrogens is 553 g/mol. The summed E-state index contributed by atoms with van der Waals surface area (Å²) in [5, 5.41) is 10.6. The van der Waals surface area contributed by atoms with Crippen molar-refractivity contribution in [2.45, 2.75) is 39.5 Å². The van der Waals surface area contributed by atoms with E-state index in [0.29, 0.717) is 11.8 Å². The van der Waals surface area contributed by atoms with E-state index in [0.717, 1.165) is 0 Å². The van der Waals surface area contributed by atoms with Crippen molar-refractivity contribution in [3.63, 3.8) is 0 Å². The van der Waals surface area contributed by atoms with Crippen LogP contribution in [0.2, 0.25) is 0 Å².